The van der Waals surface area contributed by atoms with Crippen LogP contribution in [-0.4, -0.2) is 46.8 Å². The van der Waals surface area contributed by atoms with Gasteiger partial charge in [-0.25, -0.2) is 4.79 Å². The molecule has 1 amide bonds. The van der Waals surface area contributed by atoms with E-state index in [1.807, 2.05) is 19.1 Å². The number of amides is 1. The predicted molar refractivity (Wildman–Crippen MR) is 108 cm³/mol. The highest BCUT2D eigenvalue weighted by Crippen LogP contribution is 2.25. The fourth-order valence-electron chi connectivity index (χ4n) is 3.39. The van der Waals surface area contributed by atoms with Crippen LogP contribution in [0, 0.1) is 20.8 Å². The molecule has 6 nitrogen and oxygen atoms in total. The Balaban J connectivity index is 2.38. The molecule has 1 heterocycles. The van der Waals surface area contributed by atoms with E-state index in [0.29, 0.717) is 28.1 Å². The smallest absolute Gasteiger partial charge is 0.355 e. The third-order valence-corrected chi connectivity index (χ3v) is 5.30. The summed E-state index contributed by atoms with van der Waals surface area (Å²) >= 11 is 0. The number of carbonyl (C=O) groups is 3. The van der Waals surface area contributed by atoms with Crippen LogP contribution in [0.4, 0.5) is 0 Å². The molecule has 0 bridgehead atoms. The molecular formula is C22H28N2O4. The third-order valence-electron chi connectivity index (χ3n) is 5.30. The van der Waals surface area contributed by atoms with Crippen molar-refractivity contribution < 1.29 is 19.1 Å². The van der Waals surface area contributed by atoms with Crippen LogP contribution in [0.5, 0.6) is 0 Å². The molecule has 0 aliphatic rings. The largest absolute Gasteiger partial charge is 0.461 e. The lowest BCUT2D eigenvalue weighted by Crippen LogP contribution is -2.41. The van der Waals surface area contributed by atoms with Gasteiger partial charge in [0.1, 0.15) is 5.69 Å². The summed E-state index contributed by atoms with van der Waals surface area (Å²) < 4.78 is 6.80. The van der Waals surface area contributed by atoms with Crippen LogP contribution < -0.4 is 0 Å². The molecule has 6 heteroatoms. The van der Waals surface area contributed by atoms with Crippen molar-refractivity contribution in [3.63, 3.8) is 0 Å². The van der Waals surface area contributed by atoms with Gasteiger partial charge in [0.15, 0.2) is 5.78 Å². The van der Waals surface area contributed by atoms with Gasteiger partial charge >= 0.3 is 5.97 Å². The van der Waals surface area contributed by atoms with E-state index in [-0.39, 0.29) is 18.3 Å². The van der Waals surface area contributed by atoms with E-state index >= 15 is 0 Å². The lowest BCUT2D eigenvalue weighted by molar-refractivity contribution is 0.0514. The van der Waals surface area contributed by atoms with Crippen molar-refractivity contribution in [2.75, 3.05) is 13.7 Å². The summed E-state index contributed by atoms with van der Waals surface area (Å²) in [6.07, 6.45) is 0. The number of hydrogen-bond acceptors (Lipinski definition) is 4. The van der Waals surface area contributed by atoms with Gasteiger partial charge in [-0.1, -0.05) is 18.2 Å². The average Bonchev–Trinajstić information content (AvgIpc) is 2.88. The molecule has 1 aromatic heterocycles. The molecule has 0 aliphatic carbocycles. The molecule has 150 valence electrons. The maximum absolute atomic E-state index is 13.2. The normalized spacial score (nSPS) is 11.8. The highest BCUT2D eigenvalue weighted by atomic mass is 16.5. The van der Waals surface area contributed by atoms with Gasteiger partial charge in [-0.2, -0.15) is 0 Å². The minimum atomic E-state index is -0.679. The molecule has 0 saturated carbocycles. The molecule has 2 aromatic rings. The number of ketones is 1. The fraction of sp³-hybridized carbons (Fsp3) is 0.409. The Morgan fingerprint density at radius 1 is 1.14 bits per heavy atom. The average molecular weight is 384 g/mol. The first-order chi connectivity index (χ1) is 13.1. The summed E-state index contributed by atoms with van der Waals surface area (Å²) in [5, 5.41) is 0. The van der Waals surface area contributed by atoms with Crippen molar-refractivity contribution in [3.8, 4) is 0 Å². The van der Waals surface area contributed by atoms with Gasteiger partial charge in [0.2, 0.25) is 0 Å². The van der Waals surface area contributed by atoms with Crippen molar-refractivity contribution >= 4 is 17.7 Å². The molecule has 28 heavy (non-hydrogen) atoms. The quantitative estimate of drug-likeness (QED) is 0.565. The Bertz CT molecular complexity index is 927. The number of aryl methyl sites for hydroxylation is 1. The molecule has 0 fully saturated rings. The molecule has 0 radical (unpaired) electrons. The number of rotatable bonds is 6. The van der Waals surface area contributed by atoms with Crippen molar-refractivity contribution in [3.05, 3.63) is 57.9 Å². The van der Waals surface area contributed by atoms with E-state index < -0.39 is 12.0 Å². The summed E-state index contributed by atoms with van der Waals surface area (Å²) in [7, 11) is 3.36. The molecule has 2 rings (SSSR count). The van der Waals surface area contributed by atoms with Crippen LogP contribution in [-0.2, 0) is 11.8 Å². The van der Waals surface area contributed by atoms with E-state index in [4.69, 9.17) is 4.74 Å². The van der Waals surface area contributed by atoms with Gasteiger partial charge in [-0.3, -0.25) is 9.59 Å². The van der Waals surface area contributed by atoms with Crippen LogP contribution in [0.25, 0.3) is 0 Å². The summed E-state index contributed by atoms with van der Waals surface area (Å²) in [6, 6.07) is 6.61. The number of esters is 1. The summed E-state index contributed by atoms with van der Waals surface area (Å²) in [5.41, 5.74) is 3.50. The van der Waals surface area contributed by atoms with E-state index in [2.05, 4.69) is 0 Å². The summed E-state index contributed by atoms with van der Waals surface area (Å²) in [4.78, 5) is 39.8. The second kappa shape index (κ2) is 8.42. The van der Waals surface area contributed by atoms with Crippen molar-refractivity contribution in [1.29, 1.82) is 0 Å². The topological polar surface area (TPSA) is 68.6 Å². The molecular weight excluding hydrogens is 356 g/mol. The zero-order valence-electron chi connectivity index (χ0n) is 17.6. The van der Waals surface area contributed by atoms with E-state index in [9.17, 15) is 14.4 Å². The molecule has 0 N–H and O–H groups in total. The maximum atomic E-state index is 13.2. The number of aromatic nitrogens is 1. The summed E-state index contributed by atoms with van der Waals surface area (Å²) in [5.74, 6) is -0.872. The number of ether oxygens (including phenoxy) is 1. The van der Waals surface area contributed by atoms with E-state index in [1.165, 1.54) is 4.90 Å². The second-order valence-electron chi connectivity index (χ2n) is 6.98. The third kappa shape index (κ3) is 3.72. The minimum absolute atomic E-state index is 0.203. The van der Waals surface area contributed by atoms with Gasteiger partial charge in [0.05, 0.1) is 12.6 Å². The fourth-order valence-corrected chi connectivity index (χ4v) is 3.39. The molecule has 1 atom stereocenters. The van der Waals surface area contributed by atoms with Gasteiger partial charge < -0.3 is 14.2 Å². The Labute approximate surface area is 166 Å². The molecule has 0 saturated heterocycles. The maximum Gasteiger partial charge on any atom is 0.355 e. The predicted octanol–water partition coefficient (Wildman–Crippen LogP) is 3.47. The number of Topliss-reactive ketones (excluding diaryl/α,β-unsaturated/α-hetero) is 1. The Kier molecular flexibility index (Phi) is 6.44. The SMILES string of the molecule is CCOC(=O)c1c(C)c(C(=O)[C@H](C)N(C)C(=O)c2ccccc2C)c(C)n1C. The molecule has 0 spiro atoms. The minimum Gasteiger partial charge on any atom is -0.461 e. The Morgan fingerprint density at radius 3 is 2.32 bits per heavy atom. The first kappa shape index (κ1) is 21.4. The van der Waals surface area contributed by atoms with Crippen molar-refractivity contribution in [2.45, 2.75) is 40.7 Å². The molecule has 0 unspecified atom stereocenters. The number of likely N-dealkylation sites (N-methyl/N-ethyl adjacent to an activating group) is 1. The lowest BCUT2D eigenvalue weighted by atomic mass is 9.99. The highest BCUT2D eigenvalue weighted by Gasteiger charge is 2.31. The summed E-state index contributed by atoms with van der Waals surface area (Å²) in [6.45, 7) is 9.10. The first-order valence-corrected chi connectivity index (χ1v) is 9.33. The number of benzene rings is 1. The number of nitrogens with zero attached hydrogens (tertiary/aromatic N) is 2. The second-order valence-corrected chi connectivity index (χ2v) is 6.98. The van der Waals surface area contributed by atoms with Crippen LogP contribution in [0.15, 0.2) is 24.3 Å². The Morgan fingerprint density at radius 2 is 1.75 bits per heavy atom. The van der Waals surface area contributed by atoms with Gasteiger partial charge in [-0.05, 0) is 51.8 Å². The highest BCUT2D eigenvalue weighted by molar-refractivity contribution is 6.07. The monoisotopic (exact) mass is 384 g/mol. The first-order valence-electron chi connectivity index (χ1n) is 9.33. The zero-order chi connectivity index (χ0) is 21.2. The van der Waals surface area contributed by atoms with Crippen LogP contribution in [0.3, 0.4) is 0 Å². The molecule has 1 aromatic carbocycles. The van der Waals surface area contributed by atoms with Crippen LogP contribution in [0.2, 0.25) is 0 Å². The molecule has 0 aliphatic heterocycles. The van der Waals surface area contributed by atoms with Crippen LogP contribution in [0.1, 0.15) is 61.9 Å². The van der Waals surface area contributed by atoms with Gasteiger partial charge in [-0.15, -0.1) is 0 Å². The zero-order valence-corrected chi connectivity index (χ0v) is 17.6. The lowest BCUT2D eigenvalue weighted by Gasteiger charge is -2.25. The Hall–Kier alpha value is -2.89. The van der Waals surface area contributed by atoms with Gasteiger partial charge in [0, 0.05) is 30.9 Å². The van der Waals surface area contributed by atoms with Crippen molar-refractivity contribution in [1.82, 2.24) is 9.47 Å². The van der Waals surface area contributed by atoms with Gasteiger partial charge in [0.25, 0.3) is 5.91 Å². The van der Waals surface area contributed by atoms with Crippen LogP contribution >= 0.6 is 0 Å². The van der Waals surface area contributed by atoms with E-state index in [1.54, 1.807) is 58.5 Å². The standard InChI is InChI=1S/C22H28N2O4/c1-8-28-22(27)19-14(3)18(15(4)23(19)6)20(25)16(5)24(7)21(26)17-12-10-9-11-13(17)2/h9-12,16H,8H2,1-7H3/t16-/m0/s1. The number of hydrogen-bond donors (Lipinski definition) is 0. The van der Waals surface area contributed by atoms with E-state index in [0.717, 1.165) is 5.56 Å². The number of carbonyl (C=O) groups excluding carboxylic acids is 3. The van der Waals surface area contributed by atoms with Crippen molar-refractivity contribution in [2.24, 2.45) is 7.05 Å².